The van der Waals surface area contributed by atoms with Gasteiger partial charge in [-0.25, -0.2) is 4.98 Å². The summed E-state index contributed by atoms with van der Waals surface area (Å²) in [5.74, 6) is 0.269. The number of aromatic nitrogens is 2. The van der Waals surface area contributed by atoms with Crippen LogP contribution in [0.15, 0.2) is 36.7 Å². The third-order valence-electron chi connectivity index (χ3n) is 5.34. The van der Waals surface area contributed by atoms with Gasteiger partial charge in [-0.2, -0.15) is 0 Å². The van der Waals surface area contributed by atoms with Gasteiger partial charge in [0, 0.05) is 51.9 Å². The number of nitrogens with zero attached hydrogens (tertiary/aromatic N) is 4. The summed E-state index contributed by atoms with van der Waals surface area (Å²) in [6.07, 6.45) is 3.72. The molecule has 10 heteroatoms. The number of nitrogens with one attached hydrogen (secondary N) is 2. The van der Waals surface area contributed by atoms with E-state index in [1.807, 2.05) is 23.9 Å². The number of halogens is 1. The molecule has 0 radical (unpaired) electrons. The minimum atomic E-state index is -0.236. The Hall–Kier alpha value is -2.91. The van der Waals surface area contributed by atoms with Crippen LogP contribution >= 0.6 is 12.4 Å². The highest BCUT2D eigenvalue weighted by Crippen LogP contribution is 2.29. The molecule has 0 aliphatic carbocycles. The van der Waals surface area contributed by atoms with E-state index in [1.165, 1.54) is 4.90 Å². The summed E-state index contributed by atoms with van der Waals surface area (Å²) >= 11 is 0. The average Bonchev–Trinajstić information content (AvgIpc) is 3.16. The predicted molar refractivity (Wildman–Crippen MR) is 114 cm³/mol. The van der Waals surface area contributed by atoms with Gasteiger partial charge in [-0.3, -0.25) is 14.4 Å². The smallest absolute Gasteiger partial charge is 0.244 e. The van der Waals surface area contributed by atoms with Crippen LogP contribution < -0.4 is 15.5 Å². The van der Waals surface area contributed by atoms with Gasteiger partial charge in [-0.05, 0) is 12.1 Å². The molecule has 160 valence electrons. The van der Waals surface area contributed by atoms with Gasteiger partial charge in [0.1, 0.15) is 18.4 Å². The Morgan fingerprint density at radius 3 is 2.73 bits per heavy atom. The number of rotatable bonds is 4. The van der Waals surface area contributed by atoms with Crippen molar-refractivity contribution in [3.05, 3.63) is 42.5 Å². The first-order valence-corrected chi connectivity index (χ1v) is 9.71. The summed E-state index contributed by atoms with van der Waals surface area (Å²) in [5.41, 5.74) is 1.28. The van der Waals surface area contributed by atoms with Crippen molar-refractivity contribution in [2.24, 2.45) is 7.05 Å². The van der Waals surface area contributed by atoms with Crippen molar-refractivity contribution in [3.8, 4) is 0 Å². The number of carbonyl (C=O) groups is 3. The minimum Gasteiger partial charge on any atom is -0.336 e. The molecule has 2 N–H and O–H groups in total. The maximum absolute atomic E-state index is 12.9. The number of fused-ring (bicyclic) bond motifs is 1. The monoisotopic (exact) mass is 432 g/mol. The summed E-state index contributed by atoms with van der Waals surface area (Å²) in [4.78, 5) is 45.3. The summed E-state index contributed by atoms with van der Waals surface area (Å²) in [6, 6.07) is 7.02. The lowest BCUT2D eigenvalue weighted by Crippen LogP contribution is -2.49. The quantitative estimate of drug-likeness (QED) is 0.753. The fourth-order valence-electron chi connectivity index (χ4n) is 3.88. The Labute approximate surface area is 180 Å². The highest BCUT2D eigenvalue weighted by atomic mass is 35.5. The third kappa shape index (κ3) is 4.31. The lowest BCUT2D eigenvalue weighted by molar-refractivity contribution is -0.136. The first-order valence-electron chi connectivity index (χ1n) is 9.71. The van der Waals surface area contributed by atoms with Crippen LogP contribution in [0.2, 0.25) is 0 Å². The summed E-state index contributed by atoms with van der Waals surface area (Å²) in [6.45, 7) is 1.87. The zero-order valence-corrected chi connectivity index (χ0v) is 17.5. The van der Waals surface area contributed by atoms with E-state index in [-0.39, 0.29) is 55.6 Å². The molecule has 2 aliphatic heterocycles. The molecule has 3 amide bonds. The summed E-state index contributed by atoms with van der Waals surface area (Å²) in [5, 5.41) is 6.06. The molecule has 1 fully saturated rings. The molecule has 2 aliphatic rings. The van der Waals surface area contributed by atoms with Gasteiger partial charge in [-0.15, -0.1) is 12.4 Å². The molecule has 0 saturated carbocycles. The van der Waals surface area contributed by atoms with Gasteiger partial charge in [0.05, 0.1) is 11.4 Å². The van der Waals surface area contributed by atoms with E-state index in [4.69, 9.17) is 0 Å². The fourth-order valence-corrected chi connectivity index (χ4v) is 3.88. The lowest BCUT2D eigenvalue weighted by atomic mass is 10.1. The van der Waals surface area contributed by atoms with Crippen LogP contribution in [0.3, 0.4) is 0 Å². The molecule has 1 atom stereocenters. The zero-order valence-electron chi connectivity index (χ0n) is 16.7. The zero-order chi connectivity index (χ0) is 20.4. The maximum Gasteiger partial charge on any atom is 0.244 e. The van der Waals surface area contributed by atoms with E-state index in [0.717, 1.165) is 5.82 Å². The Morgan fingerprint density at radius 2 is 1.97 bits per heavy atom. The van der Waals surface area contributed by atoms with Gasteiger partial charge in [0.15, 0.2) is 0 Å². The van der Waals surface area contributed by atoms with Crippen LogP contribution in [-0.2, 0) is 21.4 Å². The van der Waals surface area contributed by atoms with Crippen molar-refractivity contribution < 1.29 is 14.4 Å². The van der Waals surface area contributed by atoms with Gasteiger partial charge in [0.25, 0.3) is 0 Å². The second-order valence-electron chi connectivity index (χ2n) is 7.25. The molecule has 0 spiro atoms. The van der Waals surface area contributed by atoms with Gasteiger partial charge < -0.3 is 25.0 Å². The maximum atomic E-state index is 12.9. The minimum absolute atomic E-state index is 0. The summed E-state index contributed by atoms with van der Waals surface area (Å²) < 4.78 is 1.91. The van der Waals surface area contributed by atoms with E-state index < -0.39 is 0 Å². The Morgan fingerprint density at radius 1 is 1.20 bits per heavy atom. The lowest BCUT2D eigenvalue weighted by Gasteiger charge is -2.36. The fraction of sp³-hybridized carbons (Fsp3) is 0.400. The number of para-hydroxylation sites is 2. The number of amides is 3. The molecule has 4 rings (SSSR count). The Balaban J connectivity index is 0.00000256. The molecule has 3 heterocycles. The van der Waals surface area contributed by atoms with Crippen molar-refractivity contribution >= 4 is 41.5 Å². The van der Waals surface area contributed by atoms with Crippen molar-refractivity contribution in [2.45, 2.75) is 18.9 Å². The molecule has 0 bridgehead atoms. The predicted octanol–water partition coefficient (Wildman–Crippen LogP) is 1.08. The number of hydrogen-bond donors (Lipinski definition) is 2. The van der Waals surface area contributed by atoms with Crippen molar-refractivity contribution in [2.75, 3.05) is 36.4 Å². The van der Waals surface area contributed by atoms with E-state index in [2.05, 4.69) is 15.6 Å². The largest absolute Gasteiger partial charge is 0.336 e. The Kier molecular flexibility index (Phi) is 6.73. The van der Waals surface area contributed by atoms with Crippen LogP contribution in [-0.4, -0.2) is 58.4 Å². The molecule has 2 aromatic rings. The van der Waals surface area contributed by atoms with Crippen molar-refractivity contribution in [3.63, 3.8) is 0 Å². The number of hydrogen-bond acceptors (Lipinski definition) is 5. The topological polar surface area (TPSA) is 99.6 Å². The van der Waals surface area contributed by atoms with Crippen LogP contribution in [0.5, 0.6) is 0 Å². The number of imidazole rings is 1. The molecular weight excluding hydrogens is 408 g/mol. The second-order valence-corrected chi connectivity index (χ2v) is 7.25. The number of benzene rings is 1. The molecule has 1 unspecified atom stereocenters. The van der Waals surface area contributed by atoms with E-state index in [0.29, 0.717) is 31.0 Å². The molecular formula is C20H25ClN6O3. The molecule has 30 heavy (non-hydrogen) atoms. The molecule has 1 aromatic carbocycles. The number of anilines is 2. The van der Waals surface area contributed by atoms with E-state index in [1.54, 1.807) is 29.3 Å². The third-order valence-corrected chi connectivity index (χ3v) is 5.34. The van der Waals surface area contributed by atoms with Crippen LogP contribution in [0.1, 0.15) is 24.7 Å². The highest BCUT2D eigenvalue weighted by molar-refractivity contribution is 6.10. The molecule has 1 saturated heterocycles. The van der Waals surface area contributed by atoms with Crippen LogP contribution in [0, 0.1) is 0 Å². The van der Waals surface area contributed by atoms with Gasteiger partial charge >= 0.3 is 0 Å². The normalized spacial score (nSPS) is 18.3. The van der Waals surface area contributed by atoms with Gasteiger partial charge in [-0.1, -0.05) is 12.1 Å². The number of aryl methyl sites for hydroxylation is 1. The highest BCUT2D eigenvalue weighted by Gasteiger charge is 2.32. The standard InChI is InChI=1S/C20H24N6O3.ClH/c1-24-10-9-22-20(24)16-12-21-8-11-25(16)18(28)6-7-19(29)26-13-17(27)23-14-4-2-3-5-15(14)26;/h2-5,9-10,16,21H,6-8,11-13H2,1H3,(H,23,27);1H. The van der Waals surface area contributed by atoms with Crippen LogP contribution in [0.4, 0.5) is 11.4 Å². The SMILES string of the molecule is Cl.Cn1ccnc1C1CNCCN1C(=O)CCC(=O)N1CC(=O)Nc2ccccc21. The first kappa shape index (κ1) is 21.8. The number of carbonyl (C=O) groups excluding carboxylic acids is 3. The van der Waals surface area contributed by atoms with Crippen molar-refractivity contribution in [1.82, 2.24) is 19.8 Å². The first-order chi connectivity index (χ1) is 14.0. The van der Waals surface area contributed by atoms with E-state index in [9.17, 15) is 14.4 Å². The average molecular weight is 433 g/mol. The summed E-state index contributed by atoms with van der Waals surface area (Å²) in [7, 11) is 1.90. The molecule has 1 aromatic heterocycles. The number of piperazine rings is 1. The second kappa shape index (κ2) is 9.27. The molecule has 9 nitrogen and oxygen atoms in total. The van der Waals surface area contributed by atoms with Gasteiger partial charge in [0.2, 0.25) is 17.7 Å². The van der Waals surface area contributed by atoms with Crippen molar-refractivity contribution in [1.29, 1.82) is 0 Å². The van der Waals surface area contributed by atoms with Crippen LogP contribution in [0.25, 0.3) is 0 Å². The Bertz CT molecular complexity index is 946. The van der Waals surface area contributed by atoms with E-state index >= 15 is 0 Å².